The van der Waals surface area contributed by atoms with Gasteiger partial charge in [-0.05, 0) is 43.2 Å². The van der Waals surface area contributed by atoms with Crippen molar-refractivity contribution in [3.63, 3.8) is 0 Å². The molecule has 0 bridgehead atoms. The SMILES string of the molecule is Cc1ccc(C)c(S(=O)CC(=O)c2ccccc2Cl)c1. The summed E-state index contributed by atoms with van der Waals surface area (Å²) in [6.07, 6.45) is 0. The van der Waals surface area contributed by atoms with E-state index in [4.69, 9.17) is 11.6 Å². The van der Waals surface area contributed by atoms with E-state index in [9.17, 15) is 9.00 Å². The molecule has 2 aromatic carbocycles. The van der Waals surface area contributed by atoms with Crippen molar-refractivity contribution >= 4 is 28.2 Å². The van der Waals surface area contributed by atoms with E-state index in [2.05, 4.69) is 0 Å². The summed E-state index contributed by atoms with van der Waals surface area (Å²) in [7, 11) is -1.35. The first-order valence-electron chi connectivity index (χ1n) is 6.22. The van der Waals surface area contributed by atoms with Crippen LogP contribution in [0.15, 0.2) is 47.4 Å². The Kier molecular flexibility index (Phi) is 4.73. The number of halogens is 1. The molecule has 2 aromatic rings. The van der Waals surface area contributed by atoms with Gasteiger partial charge in [0.25, 0.3) is 0 Å². The van der Waals surface area contributed by atoms with Crippen LogP contribution in [-0.4, -0.2) is 15.7 Å². The summed E-state index contributed by atoms with van der Waals surface area (Å²) in [5.74, 6) is -0.247. The van der Waals surface area contributed by atoms with Crippen LogP contribution < -0.4 is 0 Å². The molecular weight excluding hydrogens is 292 g/mol. The van der Waals surface area contributed by atoms with Crippen molar-refractivity contribution in [2.45, 2.75) is 18.7 Å². The maximum Gasteiger partial charge on any atom is 0.177 e. The van der Waals surface area contributed by atoms with Crippen LogP contribution in [0.5, 0.6) is 0 Å². The van der Waals surface area contributed by atoms with Crippen molar-refractivity contribution in [2.75, 3.05) is 5.75 Å². The Bertz CT molecular complexity index is 680. The molecule has 2 rings (SSSR count). The highest BCUT2D eigenvalue weighted by Crippen LogP contribution is 2.19. The van der Waals surface area contributed by atoms with Gasteiger partial charge in [-0.15, -0.1) is 0 Å². The van der Waals surface area contributed by atoms with Gasteiger partial charge in [-0.3, -0.25) is 9.00 Å². The van der Waals surface area contributed by atoms with Crippen molar-refractivity contribution in [3.05, 3.63) is 64.2 Å². The average Bonchev–Trinajstić information content (AvgIpc) is 2.41. The van der Waals surface area contributed by atoms with E-state index in [0.717, 1.165) is 11.1 Å². The zero-order valence-electron chi connectivity index (χ0n) is 11.4. The normalized spacial score (nSPS) is 12.2. The van der Waals surface area contributed by atoms with Crippen LogP contribution in [-0.2, 0) is 10.8 Å². The van der Waals surface area contributed by atoms with E-state index in [-0.39, 0.29) is 11.5 Å². The van der Waals surface area contributed by atoms with E-state index in [0.29, 0.717) is 15.5 Å². The minimum atomic E-state index is -1.35. The quantitative estimate of drug-likeness (QED) is 0.802. The molecule has 0 spiro atoms. The average molecular weight is 307 g/mol. The third-order valence-electron chi connectivity index (χ3n) is 3.03. The zero-order chi connectivity index (χ0) is 14.7. The topological polar surface area (TPSA) is 34.1 Å². The zero-order valence-corrected chi connectivity index (χ0v) is 12.9. The van der Waals surface area contributed by atoms with Crippen molar-refractivity contribution in [3.8, 4) is 0 Å². The Labute approximate surface area is 126 Å². The molecule has 1 unspecified atom stereocenters. The molecule has 1 atom stereocenters. The maximum atomic E-state index is 12.4. The van der Waals surface area contributed by atoms with E-state index >= 15 is 0 Å². The number of carbonyl (C=O) groups is 1. The molecule has 2 nitrogen and oxygen atoms in total. The highest BCUT2D eigenvalue weighted by molar-refractivity contribution is 7.85. The van der Waals surface area contributed by atoms with Crippen LogP contribution in [0.2, 0.25) is 5.02 Å². The molecular formula is C16H15ClO2S. The first-order valence-corrected chi connectivity index (χ1v) is 7.92. The number of carbonyl (C=O) groups excluding carboxylic acids is 1. The molecule has 0 aliphatic carbocycles. The lowest BCUT2D eigenvalue weighted by Gasteiger charge is -2.07. The number of benzene rings is 2. The van der Waals surface area contributed by atoms with E-state index in [1.165, 1.54) is 0 Å². The largest absolute Gasteiger partial charge is 0.293 e. The molecule has 0 heterocycles. The molecule has 0 saturated heterocycles. The smallest absolute Gasteiger partial charge is 0.177 e. The molecule has 0 aromatic heterocycles. The van der Waals surface area contributed by atoms with Crippen molar-refractivity contribution in [2.24, 2.45) is 0 Å². The lowest BCUT2D eigenvalue weighted by atomic mass is 10.1. The Morgan fingerprint density at radius 2 is 1.85 bits per heavy atom. The number of aryl methyl sites for hydroxylation is 2. The summed E-state index contributed by atoms with van der Waals surface area (Å²) in [6, 6.07) is 12.6. The van der Waals surface area contributed by atoms with Gasteiger partial charge in [-0.25, -0.2) is 0 Å². The van der Waals surface area contributed by atoms with Gasteiger partial charge in [0.05, 0.1) is 21.6 Å². The predicted octanol–water partition coefficient (Wildman–Crippen LogP) is 3.95. The van der Waals surface area contributed by atoms with Crippen molar-refractivity contribution < 1.29 is 9.00 Å². The highest BCUT2D eigenvalue weighted by atomic mass is 35.5. The van der Waals surface area contributed by atoms with E-state index in [1.54, 1.807) is 24.3 Å². The van der Waals surface area contributed by atoms with Gasteiger partial charge in [0.1, 0.15) is 0 Å². The van der Waals surface area contributed by atoms with Crippen LogP contribution in [0.4, 0.5) is 0 Å². The van der Waals surface area contributed by atoms with Gasteiger partial charge >= 0.3 is 0 Å². The molecule has 0 fully saturated rings. The van der Waals surface area contributed by atoms with Gasteiger partial charge in [0, 0.05) is 10.5 Å². The lowest BCUT2D eigenvalue weighted by molar-refractivity contribution is 0.102. The number of hydrogen-bond acceptors (Lipinski definition) is 2. The molecule has 104 valence electrons. The lowest BCUT2D eigenvalue weighted by Crippen LogP contribution is -2.12. The van der Waals surface area contributed by atoms with Gasteiger partial charge in [0.15, 0.2) is 5.78 Å². The van der Waals surface area contributed by atoms with E-state index < -0.39 is 10.8 Å². The maximum absolute atomic E-state index is 12.4. The fourth-order valence-electron chi connectivity index (χ4n) is 1.91. The Morgan fingerprint density at radius 1 is 1.15 bits per heavy atom. The second-order valence-corrected chi connectivity index (χ2v) is 6.49. The molecule has 0 N–H and O–H groups in total. The van der Waals surface area contributed by atoms with E-state index in [1.807, 2.05) is 32.0 Å². The Balaban J connectivity index is 2.22. The van der Waals surface area contributed by atoms with Crippen molar-refractivity contribution in [1.29, 1.82) is 0 Å². The molecule has 0 aliphatic rings. The number of rotatable bonds is 4. The van der Waals surface area contributed by atoms with Gasteiger partial charge in [0.2, 0.25) is 0 Å². The monoisotopic (exact) mass is 306 g/mol. The number of hydrogen-bond donors (Lipinski definition) is 0. The summed E-state index contributed by atoms with van der Waals surface area (Å²) in [6.45, 7) is 3.84. The Morgan fingerprint density at radius 3 is 2.55 bits per heavy atom. The molecule has 0 amide bonds. The standard InChI is InChI=1S/C16H15ClO2S/c1-11-7-8-12(2)16(9-11)20(19)10-15(18)13-5-3-4-6-14(13)17/h3-9H,10H2,1-2H3. The van der Waals surface area contributed by atoms with Crippen LogP contribution in [0.25, 0.3) is 0 Å². The van der Waals surface area contributed by atoms with Crippen molar-refractivity contribution in [1.82, 2.24) is 0 Å². The van der Waals surface area contributed by atoms with Gasteiger partial charge in [-0.2, -0.15) is 0 Å². The minimum Gasteiger partial charge on any atom is -0.293 e. The minimum absolute atomic E-state index is 0.0476. The Hall–Kier alpha value is -1.45. The summed E-state index contributed by atoms with van der Waals surface area (Å²) in [5, 5.41) is 0.399. The predicted molar refractivity (Wildman–Crippen MR) is 83.0 cm³/mol. The van der Waals surface area contributed by atoms with Gasteiger partial charge < -0.3 is 0 Å². The molecule has 20 heavy (non-hydrogen) atoms. The highest BCUT2D eigenvalue weighted by Gasteiger charge is 2.16. The van der Waals surface area contributed by atoms with Crippen LogP contribution in [0.1, 0.15) is 21.5 Å². The molecule has 0 saturated carbocycles. The van der Waals surface area contributed by atoms with Crippen LogP contribution in [0, 0.1) is 13.8 Å². The van der Waals surface area contributed by atoms with Crippen LogP contribution in [0.3, 0.4) is 0 Å². The molecule has 0 aliphatic heterocycles. The molecule has 4 heteroatoms. The third-order valence-corrected chi connectivity index (χ3v) is 4.81. The first kappa shape index (κ1) is 14.9. The summed E-state index contributed by atoms with van der Waals surface area (Å²) >= 11 is 5.99. The summed E-state index contributed by atoms with van der Waals surface area (Å²) in [4.78, 5) is 12.9. The molecule has 0 radical (unpaired) electrons. The number of Topliss-reactive ketones (excluding diaryl/α,β-unsaturated/α-hetero) is 1. The first-order chi connectivity index (χ1) is 9.49. The number of ketones is 1. The second kappa shape index (κ2) is 6.33. The fraction of sp³-hybridized carbons (Fsp3) is 0.188. The summed E-state index contributed by atoms with van der Waals surface area (Å²) < 4.78 is 12.4. The fourth-order valence-corrected chi connectivity index (χ4v) is 3.45. The third kappa shape index (κ3) is 3.35. The van der Waals surface area contributed by atoms with Gasteiger partial charge in [-0.1, -0.05) is 35.9 Å². The second-order valence-electron chi connectivity index (χ2n) is 4.66. The summed E-state index contributed by atoms with van der Waals surface area (Å²) in [5.41, 5.74) is 2.39. The van der Waals surface area contributed by atoms with Crippen LogP contribution >= 0.6 is 11.6 Å².